The molecule has 1 N–H and O–H groups in total. The molecular weight excluding hydrogens is 281 g/mol. The van der Waals surface area contributed by atoms with Gasteiger partial charge in [-0.15, -0.1) is 0 Å². The van der Waals surface area contributed by atoms with E-state index in [0.29, 0.717) is 18.2 Å². The number of rotatable bonds is 5. The zero-order chi connectivity index (χ0) is 15.5. The Bertz CT molecular complexity index is 590. The molecule has 2 aromatic rings. The minimum absolute atomic E-state index is 0.497. The van der Waals surface area contributed by atoms with Gasteiger partial charge in [-0.3, -0.25) is 4.98 Å². The van der Waals surface area contributed by atoms with Crippen LogP contribution in [0.2, 0.25) is 0 Å². The molecule has 0 fully saturated rings. The molecule has 0 spiro atoms. The molecule has 0 saturated heterocycles. The summed E-state index contributed by atoms with van der Waals surface area (Å²) in [6, 6.07) is 1.78. The largest absolute Gasteiger partial charge is 0.419 e. The summed E-state index contributed by atoms with van der Waals surface area (Å²) in [7, 11) is 0. The maximum atomic E-state index is 12.6. The second-order valence-corrected chi connectivity index (χ2v) is 5.20. The minimum Gasteiger partial charge on any atom is -0.312 e. The molecule has 0 unspecified atom stereocenters. The number of hydrogen-bond acceptors (Lipinski definition) is 3. The summed E-state index contributed by atoms with van der Waals surface area (Å²) >= 11 is 0. The van der Waals surface area contributed by atoms with Crippen LogP contribution in [0.1, 0.15) is 25.0 Å². The van der Waals surface area contributed by atoms with Crippen molar-refractivity contribution < 1.29 is 13.2 Å². The lowest BCUT2D eigenvalue weighted by Gasteiger charge is -2.11. The van der Waals surface area contributed by atoms with Crippen LogP contribution in [0.5, 0.6) is 0 Å². The molecule has 0 amide bonds. The van der Waals surface area contributed by atoms with E-state index in [2.05, 4.69) is 29.2 Å². The highest BCUT2D eigenvalue weighted by atomic mass is 19.4. The lowest BCUT2D eigenvalue weighted by atomic mass is 10.2. The van der Waals surface area contributed by atoms with Gasteiger partial charge in [0.05, 0.1) is 23.6 Å². The van der Waals surface area contributed by atoms with Crippen molar-refractivity contribution in [2.75, 3.05) is 6.54 Å². The Kier molecular flexibility index (Phi) is 4.62. The summed E-state index contributed by atoms with van der Waals surface area (Å²) in [5.74, 6) is 0.497. The van der Waals surface area contributed by atoms with Crippen molar-refractivity contribution in [1.82, 2.24) is 20.1 Å². The van der Waals surface area contributed by atoms with Gasteiger partial charge in [0.2, 0.25) is 0 Å². The fraction of sp³-hybridized carbons (Fsp3) is 0.429. The Morgan fingerprint density at radius 2 is 2.05 bits per heavy atom. The predicted octanol–water partition coefficient (Wildman–Crippen LogP) is 3.03. The van der Waals surface area contributed by atoms with Crippen molar-refractivity contribution in [3.63, 3.8) is 0 Å². The molecule has 0 aliphatic carbocycles. The topological polar surface area (TPSA) is 42.7 Å². The van der Waals surface area contributed by atoms with Crippen LogP contribution in [-0.4, -0.2) is 21.3 Å². The molecular formula is C14H17F3N4. The molecule has 0 radical (unpaired) electrons. The summed E-state index contributed by atoms with van der Waals surface area (Å²) in [6.45, 7) is 5.55. The fourth-order valence-electron chi connectivity index (χ4n) is 1.87. The Morgan fingerprint density at radius 1 is 1.29 bits per heavy atom. The summed E-state index contributed by atoms with van der Waals surface area (Å²) in [4.78, 5) is 3.97. The third-order valence-corrected chi connectivity index (χ3v) is 2.91. The Labute approximate surface area is 121 Å². The van der Waals surface area contributed by atoms with Gasteiger partial charge in [-0.2, -0.15) is 18.3 Å². The summed E-state index contributed by atoms with van der Waals surface area (Å²) in [5, 5.41) is 7.04. The van der Waals surface area contributed by atoms with Crippen LogP contribution in [0.3, 0.4) is 0 Å². The molecule has 0 aliphatic rings. The smallest absolute Gasteiger partial charge is 0.312 e. The third kappa shape index (κ3) is 4.04. The van der Waals surface area contributed by atoms with E-state index in [1.165, 1.54) is 10.9 Å². The number of alkyl halides is 3. The van der Waals surface area contributed by atoms with E-state index in [4.69, 9.17) is 0 Å². The molecule has 0 aromatic carbocycles. The Balaban J connectivity index is 2.21. The number of nitrogens with zero attached hydrogens (tertiary/aromatic N) is 3. The molecule has 21 heavy (non-hydrogen) atoms. The number of halogens is 3. The van der Waals surface area contributed by atoms with E-state index in [1.54, 1.807) is 12.3 Å². The first-order chi connectivity index (χ1) is 9.88. The van der Waals surface area contributed by atoms with Crippen LogP contribution in [-0.2, 0) is 12.7 Å². The third-order valence-electron chi connectivity index (χ3n) is 2.91. The molecule has 0 saturated carbocycles. The average molecular weight is 298 g/mol. The number of pyridine rings is 1. The Morgan fingerprint density at radius 3 is 2.67 bits per heavy atom. The highest BCUT2D eigenvalue weighted by molar-refractivity contribution is 5.38. The Hall–Kier alpha value is -1.89. The lowest BCUT2D eigenvalue weighted by Crippen LogP contribution is -2.20. The minimum atomic E-state index is -4.39. The molecule has 114 valence electrons. The first-order valence-corrected chi connectivity index (χ1v) is 6.63. The molecule has 0 bridgehead atoms. The van der Waals surface area contributed by atoms with E-state index in [0.717, 1.165) is 24.5 Å². The molecule has 2 heterocycles. The highest BCUT2D eigenvalue weighted by Crippen LogP contribution is 2.29. The van der Waals surface area contributed by atoms with E-state index in [1.807, 2.05) is 0 Å². The zero-order valence-corrected chi connectivity index (χ0v) is 11.9. The van der Waals surface area contributed by atoms with Crippen molar-refractivity contribution in [2.24, 2.45) is 5.92 Å². The van der Waals surface area contributed by atoms with Gasteiger partial charge in [0, 0.05) is 18.9 Å². The SMILES string of the molecule is CC(C)CNCc1ccncc1-n1cc(C(F)(F)F)cn1. The average Bonchev–Trinajstić information content (AvgIpc) is 2.88. The molecule has 2 rings (SSSR count). The molecule has 2 aromatic heterocycles. The van der Waals surface area contributed by atoms with Crippen molar-refractivity contribution in [2.45, 2.75) is 26.6 Å². The normalized spacial score (nSPS) is 12.1. The van der Waals surface area contributed by atoms with Crippen molar-refractivity contribution >= 4 is 0 Å². The molecule has 7 heteroatoms. The van der Waals surface area contributed by atoms with Gasteiger partial charge in [0.25, 0.3) is 0 Å². The van der Waals surface area contributed by atoms with Gasteiger partial charge in [-0.1, -0.05) is 13.8 Å². The first-order valence-electron chi connectivity index (χ1n) is 6.63. The van der Waals surface area contributed by atoms with Crippen molar-refractivity contribution in [1.29, 1.82) is 0 Å². The predicted molar refractivity (Wildman–Crippen MR) is 72.9 cm³/mol. The van der Waals surface area contributed by atoms with Crippen LogP contribution in [0.25, 0.3) is 5.69 Å². The maximum Gasteiger partial charge on any atom is 0.419 e. The number of aromatic nitrogens is 3. The second-order valence-electron chi connectivity index (χ2n) is 5.20. The van der Waals surface area contributed by atoms with E-state index in [-0.39, 0.29) is 0 Å². The van der Waals surface area contributed by atoms with Crippen LogP contribution in [0.4, 0.5) is 13.2 Å². The molecule has 4 nitrogen and oxygen atoms in total. The van der Waals surface area contributed by atoms with Crippen LogP contribution in [0, 0.1) is 5.92 Å². The molecule has 0 aliphatic heterocycles. The van der Waals surface area contributed by atoms with Gasteiger partial charge < -0.3 is 5.32 Å². The second kappa shape index (κ2) is 6.26. The van der Waals surface area contributed by atoms with Crippen molar-refractivity contribution in [3.05, 3.63) is 42.0 Å². The van der Waals surface area contributed by atoms with Crippen LogP contribution in [0.15, 0.2) is 30.9 Å². The van der Waals surface area contributed by atoms with Gasteiger partial charge >= 0.3 is 6.18 Å². The fourth-order valence-corrected chi connectivity index (χ4v) is 1.87. The quantitative estimate of drug-likeness (QED) is 0.922. The van der Waals surface area contributed by atoms with Crippen LogP contribution < -0.4 is 5.32 Å². The van der Waals surface area contributed by atoms with Gasteiger partial charge in [-0.05, 0) is 24.1 Å². The standard InChI is InChI=1S/C14H17F3N4/c1-10(2)5-19-6-11-3-4-18-8-13(11)21-9-12(7-20-21)14(15,16)17/h3-4,7-10,19H,5-6H2,1-2H3. The first kappa shape index (κ1) is 15.5. The van der Waals surface area contributed by atoms with Crippen molar-refractivity contribution in [3.8, 4) is 5.69 Å². The van der Waals surface area contributed by atoms with Gasteiger partial charge in [-0.25, -0.2) is 4.68 Å². The van der Waals surface area contributed by atoms with Gasteiger partial charge in [0.1, 0.15) is 0 Å². The monoisotopic (exact) mass is 298 g/mol. The summed E-state index contributed by atoms with van der Waals surface area (Å²) in [5.41, 5.74) is 0.624. The summed E-state index contributed by atoms with van der Waals surface area (Å²) in [6.07, 6.45) is 0.529. The van der Waals surface area contributed by atoms with E-state index < -0.39 is 11.7 Å². The van der Waals surface area contributed by atoms with E-state index >= 15 is 0 Å². The lowest BCUT2D eigenvalue weighted by molar-refractivity contribution is -0.137. The summed E-state index contributed by atoms with van der Waals surface area (Å²) < 4.78 is 39.1. The zero-order valence-electron chi connectivity index (χ0n) is 11.9. The van der Waals surface area contributed by atoms with Gasteiger partial charge in [0.15, 0.2) is 0 Å². The number of nitrogens with one attached hydrogen (secondary N) is 1. The molecule has 0 atom stereocenters. The number of hydrogen-bond donors (Lipinski definition) is 1. The van der Waals surface area contributed by atoms with E-state index in [9.17, 15) is 13.2 Å². The van der Waals surface area contributed by atoms with Crippen LogP contribution >= 0.6 is 0 Å². The maximum absolute atomic E-state index is 12.6. The highest BCUT2D eigenvalue weighted by Gasteiger charge is 2.32.